The van der Waals surface area contributed by atoms with Gasteiger partial charge in [-0.3, -0.25) is 4.98 Å². The van der Waals surface area contributed by atoms with Gasteiger partial charge in [0.2, 0.25) is 10.0 Å². The van der Waals surface area contributed by atoms with Crippen molar-refractivity contribution in [3.05, 3.63) is 18.5 Å². The quantitative estimate of drug-likeness (QED) is 0.854. The van der Waals surface area contributed by atoms with Gasteiger partial charge in [-0.05, 0) is 25.8 Å². The minimum Gasteiger partial charge on any atom is -0.384 e. The summed E-state index contributed by atoms with van der Waals surface area (Å²) in [5.41, 5.74) is 0.609. The molecule has 2 rings (SSSR count). The van der Waals surface area contributed by atoms with Gasteiger partial charge in [-0.25, -0.2) is 13.1 Å². The van der Waals surface area contributed by atoms with Gasteiger partial charge in [0.1, 0.15) is 4.90 Å². The molecule has 0 bridgehead atoms. The molecule has 1 saturated carbocycles. The third kappa shape index (κ3) is 3.00. The van der Waals surface area contributed by atoms with Crippen molar-refractivity contribution in [2.45, 2.75) is 43.5 Å². The van der Waals surface area contributed by atoms with Crippen molar-refractivity contribution in [3.8, 4) is 0 Å². The molecule has 5 nitrogen and oxygen atoms in total. The number of pyridine rings is 1. The highest BCUT2D eigenvalue weighted by molar-refractivity contribution is 7.89. The van der Waals surface area contributed by atoms with Crippen LogP contribution in [-0.2, 0) is 10.0 Å². The van der Waals surface area contributed by atoms with Crippen molar-refractivity contribution < 1.29 is 8.42 Å². The maximum absolute atomic E-state index is 12.3. The van der Waals surface area contributed by atoms with Gasteiger partial charge >= 0.3 is 0 Å². The molecule has 1 aromatic rings. The Bertz CT molecular complexity index is 496. The molecule has 0 aromatic carbocycles. The van der Waals surface area contributed by atoms with Crippen molar-refractivity contribution >= 4 is 15.7 Å². The lowest BCUT2D eigenvalue weighted by atomic mass is 10.3. The summed E-state index contributed by atoms with van der Waals surface area (Å²) in [6, 6.07) is 1.76. The van der Waals surface area contributed by atoms with E-state index in [0.717, 1.165) is 25.7 Å². The van der Waals surface area contributed by atoms with Crippen LogP contribution in [0.2, 0.25) is 0 Å². The van der Waals surface area contributed by atoms with Crippen LogP contribution in [0.5, 0.6) is 0 Å². The van der Waals surface area contributed by atoms with E-state index in [1.54, 1.807) is 12.3 Å². The van der Waals surface area contributed by atoms with Crippen LogP contribution in [0.15, 0.2) is 23.4 Å². The van der Waals surface area contributed by atoms with E-state index in [1.807, 2.05) is 6.92 Å². The van der Waals surface area contributed by atoms with Gasteiger partial charge < -0.3 is 5.32 Å². The van der Waals surface area contributed by atoms with Crippen LogP contribution >= 0.6 is 0 Å². The largest absolute Gasteiger partial charge is 0.384 e. The third-order valence-corrected chi connectivity index (χ3v) is 4.67. The standard InChI is InChI=1S/C12H19N3O2S/c1-2-14-11-7-8-13-9-12(11)18(16,17)15-10-5-3-4-6-10/h7-10,15H,2-6H2,1H3,(H,13,14). The van der Waals surface area contributed by atoms with Crippen molar-refractivity contribution in [2.24, 2.45) is 0 Å². The lowest BCUT2D eigenvalue weighted by molar-refractivity contribution is 0.552. The molecule has 1 fully saturated rings. The molecule has 0 atom stereocenters. The second-order valence-corrected chi connectivity index (χ2v) is 6.19. The summed E-state index contributed by atoms with van der Waals surface area (Å²) in [5, 5.41) is 3.05. The van der Waals surface area contributed by atoms with Crippen LogP contribution in [-0.4, -0.2) is 26.0 Å². The number of anilines is 1. The minimum absolute atomic E-state index is 0.0738. The normalized spacial score (nSPS) is 16.9. The Morgan fingerprint density at radius 1 is 1.39 bits per heavy atom. The number of nitrogens with one attached hydrogen (secondary N) is 2. The Kier molecular flexibility index (Phi) is 4.19. The van der Waals surface area contributed by atoms with Gasteiger partial charge in [-0.2, -0.15) is 0 Å². The van der Waals surface area contributed by atoms with Crippen LogP contribution in [0, 0.1) is 0 Å². The molecule has 0 saturated heterocycles. The zero-order chi connectivity index (χ0) is 13.0. The van der Waals surface area contributed by atoms with Crippen LogP contribution in [0.1, 0.15) is 32.6 Å². The molecule has 0 unspecified atom stereocenters. The molecule has 1 aliphatic rings. The summed E-state index contributed by atoms with van der Waals surface area (Å²) in [7, 11) is -3.47. The van der Waals surface area contributed by atoms with Crippen LogP contribution in [0.25, 0.3) is 0 Å². The van der Waals surface area contributed by atoms with Gasteiger partial charge in [0.05, 0.1) is 5.69 Å². The molecule has 1 heterocycles. The van der Waals surface area contributed by atoms with Crippen molar-refractivity contribution in [2.75, 3.05) is 11.9 Å². The Hall–Kier alpha value is -1.14. The van der Waals surface area contributed by atoms with Gasteiger partial charge in [-0.1, -0.05) is 12.8 Å². The first kappa shape index (κ1) is 13.3. The molecule has 18 heavy (non-hydrogen) atoms. The topological polar surface area (TPSA) is 71.1 Å². The Morgan fingerprint density at radius 3 is 2.78 bits per heavy atom. The summed E-state index contributed by atoms with van der Waals surface area (Å²) >= 11 is 0. The first-order chi connectivity index (χ1) is 8.63. The van der Waals surface area contributed by atoms with Crippen LogP contribution in [0.4, 0.5) is 5.69 Å². The zero-order valence-electron chi connectivity index (χ0n) is 10.5. The van der Waals surface area contributed by atoms with E-state index in [1.165, 1.54) is 6.20 Å². The minimum atomic E-state index is -3.47. The van der Waals surface area contributed by atoms with Gasteiger partial charge in [-0.15, -0.1) is 0 Å². The second kappa shape index (κ2) is 5.67. The average molecular weight is 269 g/mol. The predicted molar refractivity (Wildman–Crippen MR) is 71.0 cm³/mol. The lowest BCUT2D eigenvalue weighted by Crippen LogP contribution is -2.33. The van der Waals surface area contributed by atoms with E-state index >= 15 is 0 Å². The van der Waals surface area contributed by atoms with Crippen molar-refractivity contribution in [3.63, 3.8) is 0 Å². The molecule has 0 spiro atoms. The zero-order valence-corrected chi connectivity index (χ0v) is 11.3. The third-order valence-electron chi connectivity index (χ3n) is 3.12. The maximum atomic E-state index is 12.3. The molecular weight excluding hydrogens is 250 g/mol. The smallest absolute Gasteiger partial charge is 0.244 e. The fourth-order valence-corrected chi connectivity index (χ4v) is 3.69. The average Bonchev–Trinajstić information content (AvgIpc) is 2.82. The highest BCUT2D eigenvalue weighted by Crippen LogP contribution is 2.23. The van der Waals surface area contributed by atoms with E-state index in [0.29, 0.717) is 12.2 Å². The number of hydrogen-bond acceptors (Lipinski definition) is 4. The molecule has 0 amide bonds. The molecule has 1 aromatic heterocycles. The van der Waals surface area contributed by atoms with E-state index in [9.17, 15) is 8.42 Å². The Balaban J connectivity index is 2.22. The van der Waals surface area contributed by atoms with Crippen LogP contribution in [0.3, 0.4) is 0 Å². The number of nitrogens with zero attached hydrogens (tertiary/aromatic N) is 1. The first-order valence-corrected chi connectivity index (χ1v) is 7.82. The van der Waals surface area contributed by atoms with Gasteiger partial charge in [0, 0.05) is 25.0 Å². The molecule has 0 radical (unpaired) electrons. The first-order valence-electron chi connectivity index (χ1n) is 6.33. The van der Waals surface area contributed by atoms with E-state index in [-0.39, 0.29) is 10.9 Å². The molecule has 100 valence electrons. The highest BCUT2D eigenvalue weighted by Gasteiger charge is 2.24. The summed E-state index contributed by atoms with van der Waals surface area (Å²) in [5.74, 6) is 0. The summed E-state index contributed by atoms with van der Waals surface area (Å²) in [4.78, 5) is 4.14. The van der Waals surface area contributed by atoms with Gasteiger partial charge in [0.15, 0.2) is 0 Å². The Morgan fingerprint density at radius 2 is 2.11 bits per heavy atom. The number of rotatable bonds is 5. The van der Waals surface area contributed by atoms with E-state index in [4.69, 9.17) is 0 Å². The molecule has 6 heteroatoms. The summed E-state index contributed by atoms with van der Waals surface area (Å²) in [6.45, 7) is 2.61. The molecule has 1 aliphatic carbocycles. The van der Waals surface area contributed by atoms with E-state index in [2.05, 4.69) is 15.0 Å². The van der Waals surface area contributed by atoms with Crippen molar-refractivity contribution in [1.29, 1.82) is 0 Å². The number of sulfonamides is 1. The number of hydrogen-bond donors (Lipinski definition) is 2. The van der Waals surface area contributed by atoms with Gasteiger partial charge in [0.25, 0.3) is 0 Å². The van der Waals surface area contributed by atoms with Crippen molar-refractivity contribution in [1.82, 2.24) is 9.71 Å². The molecular formula is C12H19N3O2S. The van der Waals surface area contributed by atoms with E-state index < -0.39 is 10.0 Å². The fourth-order valence-electron chi connectivity index (χ4n) is 2.26. The molecule has 2 N–H and O–H groups in total. The monoisotopic (exact) mass is 269 g/mol. The molecule has 0 aliphatic heterocycles. The summed E-state index contributed by atoms with van der Waals surface area (Å²) < 4.78 is 27.3. The van der Waals surface area contributed by atoms with Crippen LogP contribution < -0.4 is 10.0 Å². The Labute approximate surface area is 108 Å². The summed E-state index contributed by atoms with van der Waals surface area (Å²) in [6.07, 6.45) is 7.04. The fraction of sp³-hybridized carbons (Fsp3) is 0.583. The number of aromatic nitrogens is 1. The maximum Gasteiger partial charge on any atom is 0.244 e. The lowest BCUT2D eigenvalue weighted by Gasteiger charge is -2.15. The second-order valence-electron chi connectivity index (χ2n) is 4.50. The predicted octanol–water partition coefficient (Wildman–Crippen LogP) is 1.73. The SMILES string of the molecule is CCNc1ccncc1S(=O)(=O)NC1CCCC1. The highest BCUT2D eigenvalue weighted by atomic mass is 32.2.